The fourth-order valence-corrected chi connectivity index (χ4v) is 0.743. The van der Waals surface area contributed by atoms with Gasteiger partial charge in [-0.2, -0.15) is 0 Å². The zero-order valence-corrected chi connectivity index (χ0v) is 7.10. The predicted molar refractivity (Wildman–Crippen MR) is 44.7 cm³/mol. The molecule has 0 saturated carbocycles. The summed E-state index contributed by atoms with van der Waals surface area (Å²) < 4.78 is 5.15. The van der Waals surface area contributed by atoms with Gasteiger partial charge in [0.05, 0.1) is 12.6 Å². The summed E-state index contributed by atoms with van der Waals surface area (Å²) >= 11 is 0. The maximum Gasteiger partial charge on any atom is 0.123 e. The molecule has 64 valence electrons. The van der Waals surface area contributed by atoms with Crippen LogP contribution in [0.4, 0.5) is 0 Å². The normalized spacial score (nSPS) is 12.3. The molecule has 0 radical (unpaired) electrons. The maximum atomic E-state index is 8.61. The van der Waals surface area contributed by atoms with Crippen molar-refractivity contribution >= 4 is 12.4 Å². The molecule has 1 atom stereocenters. The first kappa shape index (κ1) is 10.5. The van der Waals surface area contributed by atoms with Crippen LogP contribution in [0.5, 0.6) is 0 Å². The molecule has 0 amide bonds. The number of halogens is 1. The molecule has 1 rings (SSSR count). The minimum atomic E-state index is -0.381. The lowest BCUT2D eigenvalue weighted by atomic mass is 10.2. The van der Waals surface area contributed by atoms with E-state index >= 15 is 0 Å². The lowest BCUT2D eigenvalue weighted by Gasteiger charge is -2.01. The van der Waals surface area contributed by atoms with E-state index in [0.29, 0.717) is 5.76 Å². The molecule has 1 aromatic rings. The highest BCUT2D eigenvalue weighted by Gasteiger charge is 2.06. The van der Waals surface area contributed by atoms with Crippen LogP contribution in [0.1, 0.15) is 17.6 Å². The third-order valence-electron chi connectivity index (χ3n) is 1.32. The van der Waals surface area contributed by atoms with Gasteiger partial charge in [0.15, 0.2) is 0 Å². The molecule has 1 aromatic heterocycles. The van der Waals surface area contributed by atoms with Crippen molar-refractivity contribution in [2.75, 3.05) is 6.61 Å². The van der Waals surface area contributed by atoms with Gasteiger partial charge in [0, 0.05) is 0 Å². The largest absolute Gasteiger partial charge is 0.465 e. The summed E-state index contributed by atoms with van der Waals surface area (Å²) in [4.78, 5) is 0. The van der Waals surface area contributed by atoms with E-state index in [2.05, 4.69) is 0 Å². The first-order valence-electron chi connectivity index (χ1n) is 3.17. The Morgan fingerprint density at radius 1 is 1.64 bits per heavy atom. The highest BCUT2D eigenvalue weighted by molar-refractivity contribution is 5.85. The van der Waals surface area contributed by atoms with Gasteiger partial charge in [-0.25, -0.2) is 0 Å². The first-order chi connectivity index (χ1) is 4.74. The van der Waals surface area contributed by atoms with Gasteiger partial charge < -0.3 is 15.3 Å². The summed E-state index contributed by atoms with van der Waals surface area (Å²) in [5.41, 5.74) is 5.46. The summed E-state index contributed by atoms with van der Waals surface area (Å²) in [6, 6.07) is 3.22. The third kappa shape index (κ3) is 2.54. The second-order valence-corrected chi connectivity index (χ2v) is 2.24. The number of aliphatic hydroxyl groups is 1. The van der Waals surface area contributed by atoms with Gasteiger partial charge >= 0.3 is 0 Å². The molecule has 0 saturated heterocycles. The van der Waals surface area contributed by atoms with Crippen LogP contribution in [0.2, 0.25) is 0 Å². The van der Waals surface area contributed by atoms with E-state index in [9.17, 15) is 0 Å². The van der Waals surface area contributed by atoms with Crippen LogP contribution in [0.25, 0.3) is 0 Å². The second kappa shape index (κ2) is 4.38. The molecule has 0 aliphatic carbocycles. The number of furan rings is 1. The molecule has 0 aromatic carbocycles. The minimum absolute atomic E-state index is 0. The fourth-order valence-electron chi connectivity index (χ4n) is 0.743. The zero-order chi connectivity index (χ0) is 7.56. The molecule has 0 bridgehead atoms. The molecule has 1 heterocycles. The third-order valence-corrected chi connectivity index (χ3v) is 1.32. The van der Waals surface area contributed by atoms with Gasteiger partial charge in [0.2, 0.25) is 0 Å². The zero-order valence-electron chi connectivity index (χ0n) is 6.28. The first-order valence-corrected chi connectivity index (χ1v) is 3.17. The number of hydrogen-bond acceptors (Lipinski definition) is 3. The Kier molecular flexibility index (Phi) is 4.18. The number of aliphatic hydroxyl groups excluding tert-OH is 1. The quantitative estimate of drug-likeness (QED) is 0.709. The Balaban J connectivity index is 0.000001000. The number of rotatable bonds is 2. The standard InChI is InChI=1S/C7H11NO2.ClH/c1-5-2-3-7(10-5)6(8)4-9;/h2-3,6,9H,4,8H2,1H3;1H/t6-;/m0./s1. The van der Waals surface area contributed by atoms with Crippen molar-refractivity contribution in [1.29, 1.82) is 0 Å². The Bertz CT molecular complexity index is 212. The van der Waals surface area contributed by atoms with Crippen molar-refractivity contribution in [2.24, 2.45) is 5.73 Å². The van der Waals surface area contributed by atoms with Crippen LogP contribution in [0, 0.1) is 6.92 Å². The van der Waals surface area contributed by atoms with Gasteiger partial charge in [0.25, 0.3) is 0 Å². The van der Waals surface area contributed by atoms with Gasteiger partial charge in [-0.3, -0.25) is 0 Å². The Morgan fingerprint density at radius 3 is 2.64 bits per heavy atom. The SMILES string of the molecule is Cc1ccc([C@@H](N)CO)o1.Cl. The molecule has 0 fully saturated rings. The van der Waals surface area contributed by atoms with E-state index in [4.69, 9.17) is 15.3 Å². The lowest BCUT2D eigenvalue weighted by molar-refractivity contribution is 0.250. The van der Waals surface area contributed by atoms with Crippen molar-refractivity contribution < 1.29 is 9.52 Å². The van der Waals surface area contributed by atoms with Crippen molar-refractivity contribution in [1.82, 2.24) is 0 Å². The van der Waals surface area contributed by atoms with Crippen LogP contribution in [-0.2, 0) is 0 Å². The predicted octanol–water partition coefficient (Wildman–Crippen LogP) is 1.00. The summed E-state index contributed by atoms with van der Waals surface area (Å²) in [7, 11) is 0. The average molecular weight is 178 g/mol. The van der Waals surface area contributed by atoms with Crippen molar-refractivity contribution in [3.05, 3.63) is 23.7 Å². The van der Waals surface area contributed by atoms with Gasteiger partial charge in [-0.15, -0.1) is 12.4 Å². The van der Waals surface area contributed by atoms with Gasteiger partial charge in [0.1, 0.15) is 11.5 Å². The summed E-state index contributed by atoms with van der Waals surface area (Å²) in [5.74, 6) is 1.46. The van der Waals surface area contributed by atoms with E-state index in [1.807, 2.05) is 13.0 Å². The van der Waals surface area contributed by atoms with Crippen molar-refractivity contribution in [3.63, 3.8) is 0 Å². The van der Waals surface area contributed by atoms with Crippen LogP contribution < -0.4 is 5.73 Å². The van der Waals surface area contributed by atoms with Gasteiger partial charge in [-0.1, -0.05) is 0 Å². The number of aryl methyl sites for hydroxylation is 1. The molecule has 0 aliphatic heterocycles. The van der Waals surface area contributed by atoms with Crippen LogP contribution in [-0.4, -0.2) is 11.7 Å². The highest BCUT2D eigenvalue weighted by Crippen LogP contribution is 2.12. The number of hydrogen-bond donors (Lipinski definition) is 2. The molecule has 0 spiro atoms. The topological polar surface area (TPSA) is 59.4 Å². The van der Waals surface area contributed by atoms with E-state index in [0.717, 1.165) is 5.76 Å². The van der Waals surface area contributed by atoms with Gasteiger partial charge in [-0.05, 0) is 19.1 Å². The van der Waals surface area contributed by atoms with Crippen molar-refractivity contribution in [3.8, 4) is 0 Å². The Hall–Kier alpha value is -0.510. The minimum Gasteiger partial charge on any atom is -0.465 e. The molecule has 4 heteroatoms. The van der Waals surface area contributed by atoms with Crippen LogP contribution in [0.3, 0.4) is 0 Å². The molecular weight excluding hydrogens is 166 g/mol. The summed E-state index contributed by atoms with van der Waals surface area (Å²) in [6.45, 7) is 1.76. The van der Waals surface area contributed by atoms with Crippen LogP contribution in [0.15, 0.2) is 16.5 Å². The monoisotopic (exact) mass is 177 g/mol. The smallest absolute Gasteiger partial charge is 0.123 e. The average Bonchev–Trinajstić information content (AvgIpc) is 2.34. The summed E-state index contributed by atoms with van der Waals surface area (Å²) in [6.07, 6.45) is 0. The molecular formula is C7H12ClNO2. The number of nitrogens with two attached hydrogens (primary N) is 1. The Morgan fingerprint density at radius 2 is 2.27 bits per heavy atom. The van der Waals surface area contributed by atoms with Crippen molar-refractivity contribution in [2.45, 2.75) is 13.0 Å². The molecule has 0 aliphatic rings. The molecule has 3 nitrogen and oxygen atoms in total. The second-order valence-electron chi connectivity index (χ2n) is 2.24. The lowest BCUT2D eigenvalue weighted by Crippen LogP contribution is -2.13. The highest BCUT2D eigenvalue weighted by atomic mass is 35.5. The van der Waals surface area contributed by atoms with Crippen LogP contribution >= 0.6 is 12.4 Å². The van der Waals surface area contributed by atoms with E-state index < -0.39 is 0 Å². The molecule has 11 heavy (non-hydrogen) atoms. The fraction of sp³-hybridized carbons (Fsp3) is 0.429. The van der Waals surface area contributed by atoms with E-state index in [1.165, 1.54) is 0 Å². The maximum absolute atomic E-state index is 8.61. The molecule has 0 unspecified atom stereocenters. The van der Waals surface area contributed by atoms with E-state index in [-0.39, 0.29) is 25.1 Å². The molecule has 3 N–H and O–H groups in total. The Labute approximate surface area is 71.6 Å². The summed E-state index contributed by atoms with van der Waals surface area (Å²) in [5, 5.41) is 8.61. The van der Waals surface area contributed by atoms with E-state index in [1.54, 1.807) is 6.07 Å².